The number of rotatable bonds is 10. The van der Waals surface area contributed by atoms with E-state index in [9.17, 15) is 19.2 Å². The molecule has 5 rings (SSSR count). The van der Waals surface area contributed by atoms with Gasteiger partial charge in [-0.25, -0.2) is 9.78 Å². The minimum Gasteiger partial charge on any atom is -0.444 e. The molecule has 0 unspecified atom stereocenters. The van der Waals surface area contributed by atoms with Crippen LogP contribution in [0.4, 0.5) is 4.79 Å². The standard InChI is InChI=1S/C38H55N5O6S/c1-24(27-11-13-28(14-12-27)30-25(2)39-23-50-30)40-32(44)29-10-9-19-43(29)33(45)31(36(3,4)5)41-34(46)38(17-18-38)48-22-26-15-20-42(21-16-26)35(47)49-37(6,7)8/h11-14,23-24,26,29,31H,9-10,15-22H2,1-8H3,(H,40,44)(H,41,46)/t24-,29-,31+/m0/s1. The molecule has 2 aromatic rings. The summed E-state index contributed by atoms with van der Waals surface area (Å²) >= 11 is 1.60. The molecule has 3 atom stereocenters. The number of carbonyl (C=O) groups is 4. The molecule has 2 N–H and O–H groups in total. The van der Waals surface area contributed by atoms with Gasteiger partial charge in [-0.2, -0.15) is 0 Å². The highest BCUT2D eigenvalue weighted by Gasteiger charge is 2.54. The molecule has 2 saturated heterocycles. The number of aryl methyl sites for hydroxylation is 1. The first-order valence-electron chi connectivity index (χ1n) is 18.0. The number of carbonyl (C=O) groups excluding carboxylic acids is 4. The molecule has 2 aliphatic heterocycles. The fraction of sp³-hybridized carbons (Fsp3) is 0.658. The molecular weight excluding hydrogens is 655 g/mol. The van der Waals surface area contributed by atoms with Gasteiger partial charge in [-0.3, -0.25) is 14.4 Å². The number of hydrogen-bond donors (Lipinski definition) is 2. The van der Waals surface area contributed by atoms with Crippen molar-refractivity contribution in [2.45, 2.75) is 123 Å². The van der Waals surface area contributed by atoms with Crippen molar-refractivity contribution in [3.05, 3.63) is 41.0 Å². The van der Waals surface area contributed by atoms with Crippen LogP contribution in [0.25, 0.3) is 10.4 Å². The normalized spacial score (nSPS) is 20.6. The Morgan fingerprint density at radius 2 is 1.64 bits per heavy atom. The molecule has 1 aliphatic carbocycles. The van der Waals surface area contributed by atoms with Crippen molar-refractivity contribution in [1.29, 1.82) is 0 Å². The third-order valence-corrected chi connectivity index (χ3v) is 11.0. The van der Waals surface area contributed by atoms with Gasteiger partial charge in [0.15, 0.2) is 0 Å². The zero-order chi connectivity index (χ0) is 36.4. The maximum Gasteiger partial charge on any atom is 0.410 e. The van der Waals surface area contributed by atoms with Crippen molar-refractivity contribution >= 4 is 35.2 Å². The molecule has 12 heteroatoms. The van der Waals surface area contributed by atoms with Crippen LogP contribution in [0.1, 0.15) is 104 Å². The number of piperidine rings is 1. The lowest BCUT2D eigenvalue weighted by Crippen LogP contribution is -2.59. The minimum atomic E-state index is -0.947. The maximum atomic E-state index is 14.1. The smallest absolute Gasteiger partial charge is 0.410 e. The van der Waals surface area contributed by atoms with Crippen LogP contribution in [0.3, 0.4) is 0 Å². The average Bonchev–Trinajstić information content (AvgIpc) is 3.46. The van der Waals surface area contributed by atoms with E-state index in [0.29, 0.717) is 51.9 Å². The average molecular weight is 710 g/mol. The summed E-state index contributed by atoms with van der Waals surface area (Å²) in [5.41, 5.74) is 2.83. The van der Waals surface area contributed by atoms with Crippen molar-refractivity contribution in [2.24, 2.45) is 11.3 Å². The number of thiazole rings is 1. The molecule has 0 bridgehead atoms. The summed E-state index contributed by atoms with van der Waals surface area (Å²) in [4.78, 5) is 62.8. The molecule has 0 spiro atoms. The molecule has 4 amide bonds. The minimum absolute atomic E-state index is 0.190. The van der Waals surface area contributed by atoms with Crippen LogP contribution < -0.4 is 10.6 Å². The largest absolute Gasteiger partial charge is 0.444 e. The predicted octanol–water partition coefficient (Wildman–Crippen LogP) is 6.01. The Hall–Kier alpha value is -3.51. The predicted molar refractivity (Wildman–Crippen MR) is 193 cm³/mol. The second-order valence-electron chi connectivity index (χ2n) is 16.3. The van der Waals surface area contributed by atoms with E-state index in [0.717, 1.165) is 34.5 Å². The third kappa shape index (κ3) is 9.04. The molecular formula is C38H55N5O6S. The molecule has 11 nitrogen and oxygen atoms in total. The molecule has 3 aliphatic rings. The summed E-state index contributed by atoms with van der Waals surface area (Å²) in [7, 11) is 0. The molecule has 1 aromatic carbocycles. The van der Waals surface area contributed by atoms with Crippen molar-refractivity contribution in [3.63, 3.8) is 0 Å². The van der Waals surface area contributed by atoms with Crippen molar-refractivity contribution < 1.29 is 28.7 Å². The second kappa shape index (κ2) is 15.0. The Morgan fingerprint density at radius 3 is 2.20 bits per heavy atom. The van der Waals surface area contributed by atoms with E-state index in [1.54, 1.807) is 21.1 Å². The number of amides is 4. The fourth-order valence-corrected chi connectivity index (χ4v) is 7.52. The second-order valence-corrected chi connectivity index (χ2v) is 17.2. The van der Waals surface area contributed by atoms with Gasteiger partial charge in [0.2, 0.25) is 11.8 Å². The van der Waals surface area contributed by atoms with Crippen molar-refractivity contribution in [1.82, 2.24) is 25.4 Å². The first-order valence-corrected chi connectivity index (χ1v) is 18.9. The molecule has 1 saturated carbocycles. The van der Waals surface area contributed by atoms with Gasteiger partial charge in [0.05, 0.1) is 28.7 Å². The number of benzene rings is 1. The van der Waals surface area contributed by atoms with Gasteiger partial charge in [-0.1, -0.05) is 45.0 Å². The zero-order valence-corrected chi connectivity index (χ0v) is 31.8. The summed E-state index contributed by atoms with van der Waals surface area (Å²) in [6, 6.07) is 6.46. The van der Waals surface area contributed by atoms with Crippen LogP contribution in [0.5, 0.6) is 0 Å². The number of hydrogen-bond acceptors (Lipinski definition) is 8. The highest BCUT2D eigenvalue weighted by Crippen LogP contribution is 2.41. The van der Waals surface area contributed by atoms with Gasteiger partial charge >= 0.3 is 6.09 Å². The van der Waals surface area contributed by atoms with Crippen molar-refractivity contribution in [2.75, 3.05) is 26.2 Å². The van der Waals surface area contributed by atoms with Crippen LogP contribution >= 0.6 is 11.3 Å². The Kier molecular flexibility index (Phi) is 11.3. The lowest BCUT2D eigenvalue weighted by Gasteiger charge is -2.37. The lowest BCUT2D eigenvalue weighted by molar-refractivity contribution is -0.147. The Morgan fingerprint density at radius 1 is 0.980 bits per heavy atom. The van der Waals surface area contributed by atoms with E-state index in [2.05, 4.69) is 15.6 Å². The van der Waals surface area contributed by atoms with E-state index < -0.39 is 28.7 Å². The van der Waals surface area contributed by atoms with Gasteiger partial charge < -0.3 is 29.9 Å². The first-order chi connectivity index (χ1) is 23.5. The SMILES string of the molecule is Cc1ncsc1-c1ccc([C@H](C)NC(=O)[C@@H]2CCCN2C(=O)[C@@H](NC(=O)C2(OCC3CCN(C(=O)OC(C)(C)C)CC3)CC2)C(C)(C)C)cc1. The highest BCUT2D eigenvalue weighted by atomic mass is 32.1. The van der Waals surface area contributed by atoms with Crippen LogP contribution in [-0.2, 0) is 23.9 Å². The van der Waals surface area contributed by atoms with Gasteiger partial charge in [0, 0.05) is 19.6 Å². The van der Waals surface area contributed by atoms with Crippen molar-refractivity contribution in [3.8, 4) is 10.4 Å². The molecule has 274 valence electrons. The summed E-state index contributed by atoms with van der Waals surface area (Å²) < 4.78 is 11.8. The number of nitrogens with one attached hydrogen (secondary N) is 2. The van der Waals surface area contributed by atoms with E-state index >= 15 is 0 Å². The number of likely N-dealkylation sites (tertiary alicyclic amines) is 2. The van der Waals surface area contributed by atoms with Gasteiger partial charge in [0.1, 0.15) is 23.3 Å². The summed E-state index contributed by atoms with van der Waals surface area (Å²) in [5, 5.41) is 6.18. The van der Waals surface area contributed by atoms with E-state index in [-0.39, 0.29) is 35.8 Å². The van der Waals surface area contributed by atoms with Crippen LogP contribution in [-0.4, -0.2) is 88.1 Å². The highest BCUT2D eigenvalue weighted by molar-refractivity contribution is 7.13. The Balaban J connectivity index is 1.15. The van der Waals surface area contributed by atoms with Crippen LogP contribution in [0.15, 0.2) is 29.8 Å². The number of aromatic nitrogens is 1. The summed E-state index contributed by atoms with van der Waals surface area (Å²) in [6.45, 7) is 17.4. The van der Waals surface area contributed by atoms with Crippen LogP contribution in [0, 0.1) is 18.3 Å². The summed E-state index contributed by atoms with van der Waals surface area (Å²) in [6.07, 6.45) is 3.72. The molecule has 3 fully saturated rings. The van der Waals surface area contributed by atoms with Gasteiger partial charge in [-0.15, -0.1) is 11.3 Å². The lowest BCUT2D eigenvalue weighted by atomic mass is 9.85. The maximum absolute atomic E-state index is 14.1. The Labute approximate surface area is 300 Å². The molecule has 0 radical (unpaired) electrons. The van der Waals surface area contributed by atoms with Gasteiger partial charge in [0.25, 0.3) is 5.91 Å². The molecule has 1 aromatic heterocycles. The summed E-state index contributed by atoms with van der Waals surface area (Å²) in [5.74, 6) is -0.483. The van der Waals surface area contributed by atoms with E-state index in [4.69, 9.17) is 9.47 Å². The quantitative estimate of drug-likeness (QED) is 0.309. The topological polar surface area (TPSA) is 130 Å². The monoisotopic (exact) mass is 709 g/mol. The number of nitrogens with zero attached hydrogens (tertiary/aromatic N) is 3. The molecule has 50 heavy (non-hydrogen) atoms. The molecule has 3 heterocycles. The Bertz CT molecular complexity index is 1530. The van der Waals surface area contributed by atoms with Crippen LogP contribution in [0.2, 0.25) is 0 Å². The first kappa shape index (κ1) is 37.7. The van der Waals surface area contributed by atoms with Gasteiger partial charge in [-0.05, 0) is 95.6 Å². The van der Waals surface area contributed by atoms with E-state index in [1.165, 1.54) is 0 Å². The fourth-order valence-electron chi connectivity index (χ4n) is 6.71. The zero-order valence-electron chi connectivity index (χ0n) is 31.0. The third-order valence-electron chi connectivity index (χ3n) is 9.98. The number of ether oxygens (including phenoxy) is 2. The van der Waals surface area contributed by atoms with E-state index in [1.807, 2.05) is 85.2 Å².